The predicted molar refractivity (Wildman–Crippen MR) is 59.7 cm³/mol. The van der Waals surface area contributed by atoms with E-state index >= 15 is 0 Å². The lowest BCUT2D eigenvalue weighted by molar-refractivity contribution is -0.143. The number of ether oxygens (including phenoxy) is 2. The highest BCUT2D eigenvalue weighted by Crippen LogP contribution is 2.01. The van der Waals surface area contributed by atoms with E-state index in [1.807, 2.05) is 0 Å². The Bertz CT molecular complexity index is 225. The zero-order valence-corrected chi connectivity index (χ0v) is 10.3. The first-order chi connectivity index (χ1) is 7.07. The van der Waals surface area contributed by atoms with E-state index in [0.29, 0.717) is 26.1 Å². The Morgan fingerprint density at radius 3 is 2.33 bits per heavy atom. The molecule has 5 heteroatoms. The van der Waals surface area contributed by atoms with Crippen molar-refractivity contribution in [2.24, 2.45) is 0 Å². The summed E-state index contributed by atoms with van der Waals surface area (Å²) in [7, 11) is 0. The molecule has 0 N–H and O–H groups in total. The molecule has 0 radical (unpaired) electrons. The van der Waals surface area contributed by atoms with Crippen LogP contribution in [0.2, 0.25) is 0 Å². The van der Waals surface area contributed by atoms with E-state index in [-0.39, 0.29) is 10.8 Å². The highest BCUT2D eigenvalue weighted by Gasteiger charge is 2.08. The van der Waals surface area contributed by atoms with Crippen molar-refractivity contribution in [3.8, 4) is 0 Å². The van der Waals surface area contributed by atoms with Gasteiger partial charge in [-0.25, -0.2) is 4.79 Å². The van der Waals surface area contributed by atoms with Crippen molar-refractivity contribution >= 4 is 27.9 Å². The number of hydrogen-bond acceptors (Lipinski definition) is 4. The maximum atomic E-state index is 11.0. The molecule has 0 aliphatic carbocycles. The van der Waals surface area contributed by atoms with Gasteiger partial charge in [0, 0.05) is 6.08 Å². The summed E-state index contributed by atoms with van der Waals surface area (Å²) in [6.45, 7) is 5.65. The summed E-state index contributed by atoms with van der Waals surface area (Å²) in [4.78, 5) is 21.3. The minimum Gasteiger partial charge on any atom is -0.465 e. The van der Waals surface area contributed by atoms with Crippen LogP contribution in [0.3, 0.4) is 0 Å². The first-order valence-corrected chi connectivity index (χ1v) is 5.59. The number of hydrogen-bond donors (Lipinski definition) is 0. The first kappa shape index (κ1) is 14.2. The molecule has 15 heavy (non-hydrogen) atoms. The molecule has 0 aromatic heterocycles. The molecule has 0 aromatic rings. The van der Waals surface area contributed by atoms with Crippen molar-refractivity contribution in [3.63, 3.8) is 0 Å². The Morgan fingerprint density at radius 1 is 1.33 bits per heavy atom. The van der Waals surface area contributed by atoms with Crippen LogP contribution in [0, 0.1) is 0 Å². The van der Waals surface area contributed by atoms with Crippen molar-refractivity contribution in [3.05, 3.63) is 12.7 Å². The largest absolute Gasteiger partial charge is 0.465 e. The summed E-state index contributed by atoms with van der Waals surface area (Å²) in [6, 6.07) is 0. The van der Waals surface area contributed by atoms with Crippen LogP contribution in [-0.2, 0) is 19.1 Å². The summed E-state index contributed by atoms with van der Waals surface area (Å²) < 4.78 is 9.63. The van der Waals surface area contributed by atoms with E-state index < -0.39 is 5.97 Å². The Morgan fingerprint density at radius 2 is 1.87 bits per heavy atom. The third-order valence-electron chi connectivity index (χ3n) is 1.52. The fourth-order valence-corrected chi connectivity index (χ4v) is 0.856. The molecular weight excluding hydrogens is 264 g/mol. The molecule has 0 aliphatic rings. The third kappa shape index (κ3) is 8.17. The summed E-state index contributed by atoms with van der Waals surface area (Å²) in [6.07, 6.45) is 2.46. The molecule has 86 valence electrons. The van der Waals surface area contributed by atoms with Gasteiger partial charge in [0.05, 0.1) is 13.2 Å². The van der Waals surface area contributed by atoms with Gasteiger partial charge in [-0.05, 0) is 19.8 Å². The minimum atomic E-state index is -0.430. The number of alkyl halides is 1. The van der Waals surface area contributed by atoms with Crippen LogP contribution in [0.1, 0.15) is 19.8 Å². The van der Waals surface area contributed by atoms with Gasteiger partial charge in [-0.15, -0.1) is 0 Å². The molecule has 0 aromatic carbocycles. The molecule has 0 heterocycles. The van der Waals surface area contributed by atoms with Gasteiger partial charge in [-0.3, -0.25) is 4.79 Å². The second-order valence-corrected chi connectivity index (χ2v) is 4.24. The second-order valence-electron chi connectivity index (χ2n) is 2.86. The van der Waals surface area contributed by atoms with Crippen molar-refractivity contribution < 1.29 is 19.1 Å². The predicted octanol–water partition coefficient (Wildman–Crippen LogP) is 1.82. The summed E-state index contributed by atoms with van der Waals surface area (Å²) in [5, 5.41) is 0. The lowest BCUT2D eigenvalue weighted by Gasteiger charge is -2.05. The number of carbonyl (C=O) groups excluding carboxylic acids is 2. The zero-order valence-electron chi connectivity index (χ0n) is 8.70. The van der Waals surface area contributed by atoms with Crippen LogP contribution in [0.4, 0.5) is 0 Å². The standard InChI is InChI=1S/C10H15BrO4/c1-3-9(12)14-6-4-5-7-15-10(13)8(2)11/h3,8H,1,4-7H2,2H3. The van der Waals surface area contributed by atoms with Crippen LogP contribution in [-0.4, -0.2) is 30.0 Å². The summed E-state index contributed by atoms with van der Waals surface area (Å²) in [5.41, 5.74) is 0. The molecule has 0 bridgehead atoms. The molecule has 0 saturated carbocycles. The van der Waals surface area contributed by atoms with E-state index in [1.54, 1.807) is 6.92 Å². The van der Waals surface area contributed by atoms with Crippen LogP contribution >= 0.6 is 15.9 Å². The highest BCUT2D eigenvalue weighted by atomic mass is 79.9. The number of esters is 2. The summed E-state index contributed by atoms with van der Waals surface area (Å²) >= 11 is 3.10. The quantitative estimate of drug-likeness (QED) is 0.309. The average Bonchev–Trinajstić information content (AvgIpc) is 2.22. The summed E-state index contributed by atoms with van der Waals surface area (Å²) in [5.74, 6) is -0.709. The second kappa shape index (κ2) is 8.47. The van der Waals surface area contributed by atoms with Gasteiger partial charge in [0.1, 0.15) is 4.83 Å². The van der Waals surface area contributed by atoms with Gasteiger partial charge >= 0.3 is 11.9 Å². The maximum absolute atomic E-state index is 11.0. The fraction of sp³-hybridized carbons (Fsp3) is 0.600. The number of unbranched alkanes of at least 4 members (excludes halogenated alkanes) is 1. The molecule has 1 unspecified atom stereocenters. The normalized spacial score (nSPS) is 11.6. The fourth-order valence-electron chi connectivity index (χ4n) is 0.723. The molecule has 0 amide bonds. The highest BCUT2D eigenvalue weighted by molar-refractivity contribution is 9.10. The van der Waals surface area contributed by atoms with Crippen molar-refractivity contribution in [2.75, 3.05) is 13.2 Å². The van der Waals surface area contributed by atoms with Crippen LogP contribution < -0.4 is 0 Å². The van der Waals surface area contributed by atoms with Crippen molar-refractivity contribution in [2.45, 2.75) is 24.6 Å². The molecule has 0 saturated heterocycles. The van der Waals surface area contributed by atoms with E-state index in [2.05, 4.69) is 22.5 Å². The van der Waals surface area contributed by atoms with Crippen molar-refractivity contribution in [1.29, 1.82) is 0 Å². The van der Waals surface area contributed by atoms with Crippen LogP contribution in [0.15, 0.2) is 12.7 Å². The Kier molecular flexibility index (Phi) is 7.99. The lowest BCUT2D eigenvalue weighted by atomic mass is 10.3. The zero-order chi connectivity index (χ0) is 11.7. The lowest BCUT2D eigenvalue weighted by Crippen LogP contribution is -2.15. The topological polar surface area (TPSA) is 52.6 Å². The SMILES string of the molecule is C=CC(=O)OCCCCOC(=O)C(C)Br. The van der Waals surface area contributed by atoms with E-state index in [0.717, 1.165) is 6.08 Å². The smallest absolute Gasteiger partial charge is 0.330 e. The van der Waals surface area contributed by atoms with Gasteiger partial charge in [0.15, 0.2) is 0 Å². The first-order valence-electron chi connectivity index (χ1n) is 4.68. The van der Waals surface area contributed by atoms with Crippen LogP contribution in [0.25, 0.3) is 0 Å². The third-order valence-corrected chi connectivity index (χ3v) is 1.89. The van der Waals surface area contributed by atoms with Gasteiger partial charge in [0.2, 0.25) is 0 Å². The van der Waals surface area contributed by atoms with Gasteiger partial charge < -0.3 is 9.47 Å². The van der Waals surface area contributed by atoms with Gasteiger partial charge in [-0.1, -0.05) is 22.5 Å². The van der Waals surface area contributed by atoms with Crippen molar-refractivity contribution in [1.82, 2.24) is 0 Å². The van der Waals surface area contributed by atoms with E-state index in [9.17, 15) is 9.59 Å². The molecule has 0 spiro atoms. The maximum Gasteiger partial charge on any atom is 0.330 e. The van der Waals surface area contributed by atoms with Gasteiger partial charge in [-0.2, -0.15) is 0 Å². The molecule has 0 rings (SSSR count). The van der Waals surface area contributed by atoms with Gasteiger partial charge in [0.25, 0.3) is 0 Å². The Hall–Kier alpha value is -0.840. The molecular formula is C10H15BrO4. The number of rotatable bonds is 7. The minimum absolute atomic E-state index is 0.280. The molecule has 0 fully saturated rings. The molecule has 4 nitrogen and oxygen atoms in total. The number of halogens is 1. The molecule has 0 aliphatic heterocycles. The molecule has 1 atom stereocenters. The number of carbonyl (C=O) groups is 2. The van der Waals surface area contributed by atoms with E-state index in [4.69, 9.17) is 9.47 Å². The van der Waals surface area contributed by atoms with Crippen LogP contribution in [0.5, 0.6) is 0 Å². The van der Waals surface area contributed by atoms with E-state index in [1.165, 1.54) is 0 Å². The Labute approximate surface area is 97.8 Å². The Balaban J connectivity index is 3.29. The average molecular weight is 279 g/mol. The monoisotopic (exact) mass is 278 g/mol.